The third-order valence-electron chi connectivity index (χ3n) is 3.74. The number of carbonyl (C=O) groups is 3. The second-order valence-corrected chi connectivity index (χ2v) is 5.86. The van der Waals surface area contributed by atoms with Crippen molar-refractivity contribution in [3.8, 4) is 11.8 Å². The summed E-state index contributed by atoms with van der Waals surface area (Å²) in [6.07, 6.45) is -1.11. The number of amides is 2. The topological polar surface area (TPSA) is 108 Å². The first-order chi connectivity index (χ1) is 13.4. The molecule has 2 N–H and O–H groups in total. The zero-order valence-electron chi connectivity index (χ0n) is 15.1. The highest BCUT2D eigenvalue weighted by Crippen LogP contribution is 2.13. The van der Waals surface area contributed by atoms with Crippen LogP contribution in [0.5, 0.6) is 5.75 Å². The smallest absolute Gasteiger partial charge is 0.279 e. The normalized spacial score (nSPS) is 11.0. The van der Waals surface area contributed by atoms with Gasteiger partial charge in [0.25, 0.3) is 5.91 Å². The summed E-state index contributed by atoms with van der Waals surface area (Å²) >= 11 is 0. The molecule has 144 valence electrons. The summed E-state index contributed by atoms with van der Waals surface area (Å²) in [6, 6.07) is 13.2. The van der Waals surface area contributed by atoms with E-state index < -0.39 is 23.7 Å². The first kappa shape index (κ1) is 20.6. The molecule has 2 aromatic rings. The monoisotopic (exact) mass is 383 g/mol. The van der Waals surface area contributed by atoms with E-state index in [0.717, 1.165) is 0 Å². The van der Waals surface area contributed by atoms with E-state index >= 15 is 0 Å². The quantitative estimate of drug-likeness (QED) is 0.563. The molecule has 7 nitrogen and oxygen atoms in total. The predicted octanol–water partition coefficient (Wildman–Crippen LogP) is 2.28. The first-order valence-corrected chi connectivity index (χ1v) is 8.43. The van der Waals surface area contributed by atoms with Gasteiger partial charge in [-0.15, -0.1) is 0 Å². The van der Waals surface area contributed by atoms with E-state index in [1.807, 2.05) is 6.07 Å². The summed E-state index contributed by atoms with van der Waals surface area (Å²) in [6.45, 7) is 1.50. The Balaban J connectivity index is 1.73. The Labute approximate surface area is 161 Å². The maximum absolute atomic E-state index is 12.8. The molecule has 0 heterocycles. The molecule has 2 amide bonds. The molecule has 0 aromatic heterocycles. The number of nitriles is 1. The lowest BCUT2D eigenvalue weighted by Gasteiger charge is -2.15. The van der Waals surface area contributed by atoms with Gasteiger partial charge in [0.05, 0.1) is 11.6 Å². The highest BCUT2D eigenvalue weighted by atomic mass is 19.1. The van der Waals surface area contributed by atoms with Gasteiger partial charge in [0.2, 0.25) is 5.91 Å². The summed E-state index contributed by atoms with van der Waals surface area (Å²) in [5.41, 5.74) is 5.20. The Hall–Kier alpha value is -3.73. The van der Waals surface area contributed by atoms with Gasteiger partial charge in [0.1, 0.15) is 11.6 Å². The molecule has 2 aromatic carbocycles. The number of rotatable bonds is 7. The fourth-order valence-corrected chi connectivity index (χ4v) is 2.17. The van der Waals surface area contributed by atoms with Gasteiger partial charge in [-0.05, 0) is 55.5 Å². The van der Waals surface area contributed by atoms with Gasteiger partial charge >= 0.3 is 0 Å². The van der Waals surface area contributed by atoms with Crippen molar-refractivity contribution in [2.45, 2.75) is 25.9 Å². The van der Waals surface area contributed by atoms with Crippen LogP contribution < -0.4 is 15.6 Å². The lowest BCUT2D eigenvalue weighted by atomic mass is 10.1. The molecule has 0 fully saturated rings. The number of benzene rings is 2. The van der Waals surface area contributed by atoms with E-state index in [-0.39, 0.29) is 18.6 Å². The van der Waals surface area contributed by atoms with Gasteiger partial charge in [-0.3, -0.25) is 25.2 Å². The number of ketones is 1. The Bertz CT molecular complexity index is 889. The molecule has 0 spiro atoms. The molecule has 2 rings (SSSR count). The number of hydrogen-bond acceptors (Lipinski definition) is 5. The van der Waals surface area contributed by atoms with E-state index in [4.69, 9.17) is 10.00 Å². The Kier molecular flexibility index (Phi) is 7.22. The van der Waals surface area contributed by atoms with Crippen LogP contribution in [0.3, 0.4) is 0 Å². The maximum Gasteiger partial charge on any atom is 0.279 e. The van der Waals surface area contributed by atoms with Crippen LogP contribution >= 0.6 is 0 Å². The minimum atomic E-state index is -0.894. The van der Waals surface area contributed by atoms with Crippen LogP contribution in [0.25, 0.3) is 0 Å². The molecule has 0 radical (unpaired) electrons. The number of nitrogens with one attached hydrogen (secondary N) is 2. The van der Waals surface area contributed by atoms with Crippen LogP contribution in [0.15, 0.2) is 48.5 Å². The molecule has 0 aliphatic carbocycles. The van der Waals surface area contributed by atoms with Crippen molar-refractivity contribution in [1.82, 2.24) is 10.9 Å². The van der Waals surface area contributed by atoms with Crippen molar-refractivity contribution in [3.63, 3.8) is 0 Å². The van der Waals surface area contributed by atoms with Crippen molar-refractivity contribution < 1.29 is 23.5 Å². The molecule has 1 atom stereocenters. The number of ether oxygens (including phenoxy) is 1. The lowest BCUT2D eigenvalue weighted by Crippen LogP contribution is -2.47. The van der Waals surface area contributed by atoms with Crippen LogP contribution in [0.2, 0.25) is 0 Å². The van der Waals surface area contributed by atoms with Gasteiger partial charge in [-0.2, -0.15) is 5.26 Å². The fraction of sp³-hybridized carbons (Fsp3) is 0.200. The van der Waals surface area contributed by atoms with Crippen LogP contribution in [0.1, 0.15) is 35.7 Å². The molecular weight excluding hydrogens is 365 g/mol. The average molecular weight is 383 g/mol. The zero-order valence-corrected chi connectivity index (χ0v) is 15.1. The predicted molar refractivity (Wildman–Crippen MR) is 97.5 cm³/mol. The third-order valence-corrected chi connectivity index (χ3v) is 3.74. The molecule has 0 saturated heterocycles. The second-order valence-electron chi connectivity index (χ2n) is 5.86. The number of hydrogen-bond donors (Lipinski definition) is 2. The van der Waals surface area contributed by atoms with E-state index in [1.54, 1.807) is 24.3 Å². The van der Waals surface area contributed by atoms with Crippen LogP contribution in [-0.2, 0) is 9.59 Å². The minimum absolute atomic E-state index is 0.0787. The second kappa shape index (κ2) is 9.83. The maximum atomic E-state index is 12.8. The molecule has 0 saturated carbocycles. The minimum Gasteiger partial charge on any atom is -0.481 e. The van der Waals surface area contributed by atoms with Crippen LogP contribution in [0, 0.1) is 17.1 Å². The third kappa shape index (κ3) is 6.21. The van der Waals surface area contributed by atoms with Crippen molar-refractivity contribution in [1.29, 1.82) is 5.26 Å². The van der Waals surface area contributed by atoms with Crippen molar-refractivity contribution in [3.05, 3.63) is 65.5 Å². The highest BCUT2D eigenvalue weighted by molar-refractivity contribution is 5.98. The molecule has 0 bridgehead atoms. The SMILES string of the molecule is C[C@@H](Oc1ccc(C#N)cc1)C(=O)NNC(=O)CCC(=O)c1ccc(F)cc1. The number of halogens is 1. The number of carbonyl (C=O) groups excluding carboxylic acids is 3. The Morgan fingerprint density at radius 2 is 1.68 bits per heavy atom. The van der Waals surface area contributed by atoms with E-state index in [9.17, 15) is 18.8 Å². The standard InChI is InChI=1S/C20H18FN3O4/c1-13(28-17-8-2-14(12-22)3-9-17)20(27)24-23-19(26)11-10-18(25)15-4-6-16(21)7-5-15/h2-9,13H,10-11H2,1H3,(H,23,26)(H,24,27)/t13-/m1/s1. The Morgan fingerprint density at radius 3 is 2.29 bits per heavy atom. The first-order valence-electron chi connectivity index (χ1n) is 8.43. The van der Waals surface area contributed by atoms with Crippen LogP contribution in [-0.4, -0.2) is 23.7 Å². The highest BCUT2D eigenvalue weighted by Gasteiger charge is 2.16. The van der Waals surface area contributed by atoms with Gasteiger partial charge in [-0.1, -0.05) is 0 Å². The van der Waals surface area contributed by atoms with E-state index in [0.29, 0.717) is 16.9 Å². The molecule has 0 unspecified atom stereocenters. The van der Waals surface area contributed by atoms with Gasteiger partial charge < -0.3 is 4.74 Å². The van der Waals surface area contributed by atoms with Crippen molar-refractivity contribution >= 4 is 17.6 Å². The summed E-state index contributed by atoms with van der Waals surface area (Å²) < 4.78 is 18.3. The largest absolute Gasteiger partial charge is 0.481 e. The van der Waals surface area contributed by atoms with Crippen molar-refractivity contribution in [2.24, 2.45) is 0 Å². The fourth-order valence-electron chi connectivity index (χ4n) is 2.17. The molecule has 28 heavy (non-hydrogen) atoms. The lowest BCUT2D eigenvalue weighted by molar-refractivity contribution is -0.132. The summed E-state index contributed by atoms with van der Waals surface area (Å²) in [4.78, 5) is 35.7. The van der Waals surface area contributed by atoms with Gasteiger partial charge in [0.15, 0.2) is 11.9 Å². The molecule has 0 aliphatic heterocycles. The van der Waals surface area contributed by atoms with Gasteiger partial charge in [-0.25, -0.2) is 4.39 Å². The number of hydrazine groups is 1. The summed E-state index contributed by atoms with van der Waals surface area (Å²) in [7, 11) is 0. The molecule has 0 aliphatic rings. The molecule has 8 heteroatoms. The van der Waals surface area contributed by atoms with Gasteiger partial charge in [0, 0.05) is 18.4 Å². The van der Waals surface area contributed by atoms with Crippen molar-refractivity contribution in [2.75, 3.05) is 0 Å². The zero-order chi connectivity index (χ0) is 20.5. The van der Waals surface area contributed by atoms with E-state index in [2.05, 4.69) is 10.9 Å². The summed E-state index contributed by atoms with van der Waals surface area (Å²) in [5, 5.41) is 8.74. The summed E-state index contributed by atoms with van der Waals surface area (Å²) in [5.74, 6) is -1.48. The number of nitrogens with zero attached hydrogens (tertiary/aromatic N) is 1. The average Bonchev–Trinajstić information content (AvgIpc) is 2.71. The Morgan fingerprint density at radius 1 is 1.04 bits per heavy atom. The molecular formula is C20H18FN3O4. The van der Waals surface area contributed by atoms with Crippen LogP contribution in [0.4, 0.5) is 4.39 Å². The number of Topliss-reactive ketones (excluding diaryl/α,β-unsaturated/α-hetero) is 1. The van der Waals surface area contributed by atoms with E-state index in [1.165, 1.54) is 31.2 Å².